The first-order chi connectivity index (χ1) is 10.6. The van der Waals surface area contributed by atoms with Gasteiger partial charge in [0.2, 0.25) is 0 Å². The molecule has 3 aromatic rings. The summed E-state index contributed by atoms with van der Waals surface area (Å²) in [5.41, 5.74) is 15.6. The predicted octanol–water partition coefficient (Wildman–Crippen LogP) is 1.70. The zero-order valence-electron chi connectivity index (χ0n) is 11.8. The molecule has 0 aliphatic carbocycles. The standard InChI is InChI=1S/C16H16N6/c17-15(18)12-6-5-11-7-13(21-14(11)8-12)9-1-3-10(4-2-9)16(19)22-20/h1-8,21H,20H2,(H3,17,18)(H2,19,22). The number of H-pyrrole nitrogens is 1. The molecule has 0 unspecified atom stereocenters. The Hall–Kier alpha value is -3.28. The number of fused-ring (bicyclic) bond motifs is 1. The second-order valence-corrected chi connectivity index (χ2v) is 4.99. The molecule has 0 aliphatic heterocycles. The van der Waals surface area contributed by atoms with Crippen molar-refractivity contribution in [2.45, 2.75) is 0 Å². The smallest absolute Gasteiger partial charge is 0.150 e. The van der Waals surface area contributed by atoms with Crippen LogP contribution in [0, 0.1) is 5.41 Å². The number of aromatic amines is 1. The molecule has 2 aromatic carbocycles. The lowest BCUT2D eigenvalue weighted by Gasteiger charge is -2.01. The molecule has 0 fully saturated rings. The first-order valence-electron chi connectivity index (χ1n) is 6.70. The van der Waals surface area contributed by atoms with Crippen molar-refractivity contribution < 1.29 is 0 Å². The monoisotopic (exact) mass is 292 g/mol. The average molecular weight is 292 g/mol. The van der Waals surface area contributed by atoms with Crippen LogP contribution in [0.4, 0.5) is 0 Å². The van der Waals surface area contributed by atoms with E-state index in [1.807, 2.05) is 42.5 Å². The zero-order chi connectivity index (χ0) is 15.7. The molecule has 8 N–H and O–H groups in total. The number of benzene rings is 2. The van der Waals surface area contributed by atoms with Crippen molar-refractivity contribution in [3.05, 3.63) is 59.7 Å². The molecule has 0 saturated carbocycles. The third-order valence-corrected chi connectivity index (χ3v) is 3.56. The highest BCUT2D eigenvalue weighted by molar-refractivity contribution is 6.00. The summed E-state index contributed by atoms with van der Waals surface area (Å²) in [6.45, 7) is 0. The van der Waals surface area contributed by atoms with Crippen molar-refractivity contribution in [3.8, 4) is 11.3 Å². The number of hydrogen-bond acceptors (Lipinski definition) is 3. The quantitative estimate of drug-likeness (QED) is 0.218. The second kappa shape index (κ2) is 5.25. The minimum atomic E-state index is 0.0546. The summed E-state index contributed by atoms with van der Waals surface area (Å²) in [6, 6.07) is 15.3. The van der Waals surface area contributed by atoms with Gasteiger partial charge >= 0.3 is 0 Å². The van der Waals surface area contributed by atoms with Crippen molar-refractivity contribution in [1.82, 2.24) is 4.98 Å². The molecule has 3 rings (SSSR count). The Morgan fingerprint density at radius 1 is 0.955 bits per heavy atom. The summed E-state index contributed by atoms with van der Waals surface area (Å²) >= 11 is 0. The number of amidine groups is 2. The molecular formula is C16H16N6. The van der Waals surface area contributed by atoms with Gasteiger partial charge in [-0.2, -0.15) is 5.10 Å². The number of hydrazone groups is 1. The Bertz CT molecular complexity index is 873. The molecule has 1 aromatic heterocycles. The van der Waals surface area contributed by atoms with E-state index in [2.05, 4.69) is 16.2 Å². The van der Waals surface area contributed by atoms with Gasteiger partial charge in [-0.15, -0.1) is 0 Å². The summed E-state index contributed by atoms with van der Waals surface area (Å²) in [7, 11) is 0. The Balaban J connectivity index is 2.01. The van der Waals surface area contributed by atoms with Gasteiger partial charge in [0.15, 0.2) is 0 Å². The minimum absolute atomic E-state index is 0.0546. The molecule has 0 bridgehead atoms. The molecular weight excluding hydrogens is 276 g/mol. The molecule has 0 saturated heterocycles. The van der Waals surface area contributed by atoms with Gasteiger partial charge in [0.1, 0.15) is 11.7 Å². The second-order valence-electron chi connectivity index (χ2n) is 4.99. The zero-order valence-corrected chi connectivity index (χ0v) is 11.8. The molecule has 0 aliphatic rings. The highest BCUT2D eigenvalue weighted by Gasteiger charge is 2.06. The van der Waals surface area contributed by atoms with Crippen LogP contribution in [0.2, 0.25) is 0 Å². The van der Waals surface area contributed by atoms with Gasteiger partial charge in [-0.3, -0.25) is 5.41 Å². The van der Waals surface area contributed by atoms with Crippen LogP contribution in [-0.2, 0) is 0 Å². The largest absolute Gasteiger partial charge is 0.384 e. The lowest BCUT2D eigenvalue weighted by molar-refractivity contribution is 1.23. The van der Waals surface area contributed by atoms with Crippen LogP contribution in [0.25, 0.3) is 22.2 Å². The van der Waals surface area contributed by atoms with Crippen LogP contribution in [0.3, 0.4) is 0 Å². The molecule has 0 amide bonds. The summed E-state index contributed by atoms with van der Waals surface area (Å²) in [4.78, 5) is 3.33. The average Bonchev–Trinajstić information content (AvgIpc) is 2.97. The number of rotatable bonds is 3. The van der Waals surface area contributed by atoms with Gasteiger partial charge < -0.3 is 22.3 Å². The van der Waals surface area contributed by atoms with E-state index in [-0.39, 0.29) is 5.84 Å². The number of hydrogen-bond donors (Lipinski definition) is 5. The first kappa shape index (κ1) is 13.7. The number of nitrogens with zero attached hydrogens (tertiary/aromatic N) is 1. The van der Waals surface area contributed by atoms with E-state index in [0.29, 0.717) is 11.4 Å². The summed E-state index contributed by atoms with van der Waals surface area (Å²) in [5, 5.41) is 12.0. The molecule has 0 radical (unpaired) electrons. The topological polar surface area (TPSA) is 130 Å². The maximum absolute atomic E-state index is 7.49. The predicted molar refractivity (Wildman–Crippen MR) is 89.7 cm³/mol. The third-order valence-electron chi connectivity index (χ3n) is 3.56. The number of aromatic nitrogens is 1. The maximum Gasteiger partial charge on any atom is 0.150 e. The Morgan fingerprint density at radius 3 is 2.27 bits per heavy atom. The summed E-state index contributed by atoms with van der Waals surface area (Å²) in [5.74, 6) is 5.53. The Labute approximate surface area is 127 Å². The highest BCUT2D eigenvalue weighted by atomic mass is 15.1. The fourth-order valence-electron chi connectivity index (χ4n) is 2.35. The molecule has 22 heavy (non-hydrogen) atoms. The van der Waals surface area contributed by atoms with Gasteiger partial charge in [-0.1, -0.05) is 36.4 Å². The lowest BCUT2D eigenvalue weighted by atomic mass is 10.1. The molecule has 0 atom stereocenters. The van der Waals surface area contributed by atoms with Crippen LogP contribution in [0.1, 0.15) is 11.1 Å². The molecule has 0 spiro atoms. The van der Waals surface area contributed by atoms with Crippen LogP contribution < -0.4 is 17.3 Å². The van der Waals surface area contributed by atoms with E-state index in [9.17, 15) is 0 Å². The van der Waals surface area contributed by atoms with Crippen LogP contribution >= 0.6 is 0 Å². The first-order valence-corrected chi connectivity index (χ1v) is 6.70. The number of nitrogen functional groups attached to an aromatic ring is 1. The van der Waals surface area contributed by atoms with Crippen molar-refractivity contribution in [1.29, 1.82) is 5.41 Å². The van der Waals surface area contributed by atoms with Gasteiger partial charge in [0.25, 0.3) is 0 Å². The highest BCUT2D eigenvalue weighted by Crippen LogP contribution is 2.25. The Kier molecular flexibility index (Phi) is 3.27. The van der Waals surface area contributed by atoms with E-state index < -0.39 is 0 Å². The van der Waals surface area contributed by atoms with Gasteiger partial charge in [0, 0.05) is 27.7 Å². The summed E-state index contributed by atoms with van der Waals surface area (Å²) < 4.78 is 0. The minimum Gasteiger partial charge on any atom is -0.384 e. The Morgan fingerprint density at radius 2 is 1.64 bits per heavy atom. The van der Waals surface area contributed by atoms with Crippen molar-refractivity contribution in [2.24, 2.45) is 22.4 Å². The SMILES string of the molecule is N=C(N)c1ccc2cc(-c3ccc(C(N)=NN)cc3)[nH]c2c1. The van der Waals surface area contributed by atoms with Gasteiger partial charge in [0.05, 0.1) is 0 Å². The van der Waals surface area contributed by atoms with E-state index in [0.717, 1.165) is 27.7 Å². The third kappa shape index (κ3) is 2.37. The van der Waals surface area contributed by atoms with Crippen LogP contribution in [-0.4, -0.2) is 16.7 Å². The van der Waals surface area contributed by atoms with Gasteiger partial charge in [-0.25, -0.2) is 0 Å². The maximum atomic E-state index is 7.49. The number of nitrogens with two attached hydrogens (primary N) is 3. The number of nitrogens with one attached hydrogen (secondary N) is 2. The molecule has 1 heterocycles. The fraction of sp³-hybridized carbons (Fsp3) is 0. The normalized spacial score (nSPS) is 11.7. The summed E-state index contributed by atoms with van der Waals surface area (Å²) in [6.07, 6.45) is 0. The fourth-order valence-corrected chi connectivity index (χ4v) is 2.35. The van der Waals surface area contributed by atoms with Crippen LogP contribution in [0.15, 0.2) is 53.6 Å². The van der Waals surface area contributed by atoms with E-state index in [1.165, 1.54) is 0 Å². The van der Waals surface area contributed by atoms with Crippen molar-refractivity contribution >= 4 is 22.6 Å². The van der Waals surface area contributed by atoms with Crippen molar-refractivity contribution in [2.75, 3.05) is 0 Å². The molecule has 110 valence electrons. The van der Waals surface area contributed by atoms with Gasteiger partial charge in [-0.05, 0) is 17.7 Å². The van der Waals surface area contributed by atoms with E-state index in [1.54, 1.807) is 0 Å². The van der Waals surface area contributed by atoms with E-state index in [4.69, 9.17) is 22.7 Å². The van der Waals surface area contributed by atoms with Crippen LogP contribution in [0.5, 0.6) is 0 Å². The van der Waals surface area contributed by atoms with Crippen molar-refractivity contribution in [3.63, 3.8) is 0 Å². The van der Waals surface area contributed by atoms with E-state index >= 15 is 0 Å². The molecule has 6 nitrogen and oxygen atoms in total. The molecule has 6 heteroatoms. The lowest BCUT2D eigenvalue weighted by Crippen LogP contribution is -2.15.